The molecule has 14 heteroatoms. The number of rotatable bonds is 16. The number of carbonyl (C=O) groups is 6. The Morgan fingerprint density at radius 2 is 1.35 bits per heavy atom. The van der Waals surface area contributed by atoms with Crippen LogP contribution in [0.4, 0.5) is 0 Å². The van der Waals surface area contributed by atoms with Crippen molar-refractivity contribution in [2.24, 2.45) is 17.2 Å². The van der Waals surface area contributed by atoms with Crippen molar-refractivity contribution in [1.82, 2.24) is 21.3 Å². The highest BCUT2D eigenvalue weighted by Crippen LogP contribution is 2.04. The molecular formula is C20H37N7O7. The normalized spacial score (nSPS) is 15.1. The van der Waals surface area contributed by atoms with Gasteiger partial charge in [0.05, 0.1) is 6.04 Å². The Morgan fingerprint density at radius 3 is 1.85 bits per heavy atom. The van der Waals surface area contributed by atoms with E-state index in [4.69, 9.17) is 22.3 Å². The number of primary amides is 1. The molecule has 5 amide bonds. The van der Waals surface area contributed by atoms with Gasteiger partial charge in [0.25, 0.3) is 0 Å². The monoisotopic (exact) mass is 487 g/mol. The van der Waals surface area contributed by atoms with E-state index in [1.54, 1.807) is 0 Å². The van der Waals surface area contributed by atoms with Crippen LogP contribution in [0.25, 0.3) is 0 Å². The minimum absolute atomic E-state index is 0.108. The summed E-state index contributed by atoms with van der Waals surface area (Å²) in [6.07, 6.45) is 1.01. The van der Waals surface area contributed by atoms with Crippen molar-refractivity contribution in [2.45, 2.75) is 83.1 Å². The molecule has 0 aromatic carbocycles. The summed E-state index contributed by atoms with van der Waals surface area (Å²) >= 11 is 0. The summed E-state index contributed by atoms with van der Waals surface area (Å²) in [5, 5.41) is 18.5. The molecule has 14 nitrogen and oxygen atoms in total. The van der Waals surface area contributed by atoms with E-state index < -0.39 is 65.7 Å². The lowest BCUT2D eigenvalue weighted by molar-refractivity contribution is -0.141. The second-order valence-electron chi connectivity index (χ2n) is 7.99. The maximum absolute atomic E-state index is 12.7. The van der Waals surface area contributed by atoms with Crippen molar-refractivity contribution in [3.8, 4) is 0 Å². The van der Waals surface area contributed by atoms with E-state index in [9.17, 15) is 28.8 Å². The standard InChI is InChI=1S/C20H37N7O7/c1-10(22)17(30)27-13(16(23)29)7-8-15(28)26-14(6-4-5-9-21)19(32)24-11(2)18(31)25-12(3)20(33)34/h10-14H,4-9,21-22H2,1-3H3,(H2,23,29)(H,24,32)(H,25,31)(H,26,28)(H,27,30)(H,33,34). The van der Waals surface area contributed by atoms with Crippen LogP contribution in [-0.2, 0) is 28.8 Å². The van der Waals surface area contributed by atoms with Crippen molar-refractivity contribution in [3.05, 3.63) is 0 Å². The van der Waals surface area contributed by atoms with Gasteiger partial charge in [-0.05, 0) is 53.0 Å². The Bertz CT molecular complexity index is 745. The van der Waals surface area contributed by atoms with E-state index in [0.717, 1.165) is 0 Å². The van der Waals surface area contributed by atoms with Crippen LogP contribution in [0.3, 0.4) is 0 Å². The molecule has 5 atom stereocenters. The summed E-state index contributed by atoms with van der Waals surface area (Å²) in [6, 6.07) is -5.20. The molecule has 0 heterocycles. The molecule has 0 radical (unpaired) electrons. The molecule has 0 fully saturated rings. The van der Waals surface area contributed by atoms with Crippen molar-refractivity contribution in [3.63, 3.8) is 0 Å². The summed E-state index contributed by atoms with van der Waals surface area (Å²) in [5.41, 5.74) is 16.2. The summed E-state index contributed by atoms with van der Waals surface area (Å²) in [7, 11) is 0. The lowest BCUT2D eigenvalue weighted by atomic mass is 10.1. The van der Waals surface area contributed by atoms with Crippen molar-refractivity contribution < 1.29 is 33.9 Å². The minimum atomic E-state index is -1.23. The first-order chi connectivity index (χ1) is 15.8. The molecule has 0 bridgehead atoms. The number of carbonyl (C=O) groups excluding carboxylic acids is 5. The van der Waals surface area contributed by atoms with E-state index in [1.165, 1.54) is 20.8 Å². The van der Waals surface area contributed by atoms with Gasteiger partial charge in [-0.2, -0.15) is 0 Å². The van der Waals surface area contributed by atoms with E-state index in [-0.39, 0.29) is 19.3 Å². The van der Waals surface area contributed by atoms with Crippen molar-refractivity contribution in [2.75, 3.05) is 6.54 Å². The van der Waals surface area contributed by atoms with E-state index in [2.05, 4.69) is 21.3 Å². The zero-order valence-corrected chi connectivity index (χ0v) is 19.8. The molecule has 0 aliphatic rings. The second-order valence-corrected chi connectivity index (χ2v) is 7.99. The molecule has 194 valence electrons. The van der Waals surface area contributed by atoms with Crippen molar-refractivity contribution >= 4 is 35.5 Å². The van der Waals surface area contributed by atoms with Crippen LogP contribution in [0.1, 0.15) is 52.9 Å². The third-order valence-corrected chi connectivity index (χ3v) is 4.81. The van der Waals surface area contributed by atoms with Crippen LogP contribution >= 0.6 is 0 Å². The number of nitrogens with two attached hydrogens (primary N) is 3. The highest BCUT2D eigenvalue weighted by atomic mass is 16.4. The Morgan fingerprint density at radius 1 is 0.765 bits per heavy atom. The first-order valence-corrected chi connectivity index (χ1v) is 11.0. The number of aliphatic carboxylic acids is 1. The fourth-order valence-electron chi connectivity index (χ4n) is 2.67. The zero-order valence-electron chi connectivity index (χ0n) is 19.8. The van der Waals surface area contributed by atoms with Gasteiger partial charge >= 0.3 is 5.97 Å². The van der Waals surface area contributed by atoms with E-state index in [0.29, 0.717) is 19.4 Å². The van der Waals surface area contributed by atoms with E-state index in [1.807, 2.05) is 0 Å². The topological polar surface area (TPSA) is 249 Å². The molecule has 11 N–H and O–H groups in total. The third-order valence-electron chi connectivity index (χ3n) is 4.81. The molecule has 0 aliphatic carbocycles. The lowest BCUT2D eigenvalue weighted by Gasteiger charge is -2.22. The molecular weight excluding hydrogens is 450 g/mol. The van der Waals surface area contributed by atoms with Crippen molar-refractivity contribution in [1.29, 1.82) is 0 Å². The van der Waals surface area contributed by atoms with Gasteiger partial charge < -0.3 is 43.6 Å². The molecule has 34 heavy (non-hydrogen) atoms. The molecule has 0 saturated carbocycles. The number of hydrogen-bond donors (Lipinski definition) is 8. The van der Waals surface area contributed by atoms with Crippen LogP contribution in [0, 0.1) is 0 Å². The van der Waals surface area contributed by atoms with Gasteiger partial charge in [0, 0.05) is 6.42 Å². The quantitative estimate of drug-likeness (QED) is 0.102. The Balaban J connectivity index is 5.05. The Labute approximate surface area is 198 Å². The van der Waals surface area contributed by atoms with Crippen LogP contribution in [0.15, 0.2) is 0 Å². The number of carboxylic acids is 1. The van der Waals surface area contributed by atoms with Gasteiger partial charge in [-0.25, -0.2) is 0 Å². The highest BCUT2D eigenvalue weighted by Gasteiger charge is 2.27. The number of carboxylic acid groups (broad SMARTS) is 1. The van der Waals surface area contributed by atoms with Gasteiger partial charge in [0.2, 0.25) is 29.5 Å². The zero-order chi connectivity index (χ0) is 26.4. The largest absolute Gasteiger partial charge is 0.480 e. The third kappa shape index (κ3) is 12.1. The number of unbranched alkanes of at least 4 members (excludes halogenated alkanes) is 1. The first-order valence-electron chi connectivity index (χ1n) is 11.0. The van der Waals surface area contributed by atoms with Crippen LogP contribution in [0.5, 0.6) is 0 Å². The molecule has 0 aromatic heterocycles. The number of hydrogen-bond acceptors (Lipinski definition) is 8. The molecule has 0 aliphatic heterocycles. The summed E-state index contributed by atoms with van der Waals surface area (Å²) in [4.78, 5) is 71.3. The second kappa shape index (κ2) is 15.6. The summed E-state index contributed by atoms with van der Waals surface area (Å²) in [5.74, 6) is -4.60. The lowest BCUT2D eigenvalue weighted by Crippen LogP contribution is -2.54. The summed E-state index contributed by atoms with van der Waals surface area (Å²) in [6.45, 7) is 4.46. The van der Waals surface area contributed by atoms with Crippen LogP contribution in [-0.4, -0.2) is 77.4 Å². The average Bonchev–Trinajstić information content (AvgIpc) is 2.74. The Kier molecular flexibility index (Phi) is 14.1. The number of nitrogens with one attached hydrogen (secondary N) is 4. The maximum Gasteiger partial charge on any atom is 0.325 e. The van der Waals surface area contributed by atoms with E-state index >= 15 is 0 Å². The van der Waals surface area contributed by atoms with Gasteiger partial charge in [0.15, 0.2) is 0 Å². The van der Waals surface area contributed by atoms with Gasteiger partial charge in [-0.15, -0.1) is 0 Å². The number of amides is 5. The van der Waals surface area contributed by atoms with Crippen LogP contribution < -0.4 is 38.5 Å². The predicted octanol–water partition coefficient (Wildman–Crippen LogP) is -3.21. The SMILES string of the molecule is CC(N)C(=O)NC(CCC(=O)NC(CCCCN)C(=O)NC(C)C(=O)NC(C)C(=O)O)C(N)=O. The van der Waals surface area contributed by atoms with Gasteiger partial charge in [-0.3, -0.25) is 28.8 Å². The molecule has 5 unspecified atom stereocenters. The van der Waals surface area contributed by atoms with Gasteiger partial charge in [-0.1, -0.05) is 0 Å². The maximum atomic E-state index is 12.7. The van der Waals surface area contributed by atoms with Gasteiger partial charge in [0.1, 0.15) is 24.2 Å². The smallest absolute Gasteiger partial charge is 0.325 e. The fourth-order valence-corrected chi connectivity index (χ4v) is 2.67. The molecule has 0 aromatic rings. The molecule has 0 rings (SSSR count). The highest BCUT2D eigenvalue weighted by molar-refractivity contribution is 5.93. The average molecular weight is 488 g/mol. The summed E-state index contributed by atoms with van der Waals surface area (Å²) < 4.78 is 0. The predicted molar refractivity (Wildman–Crippen MR) is 122 cm³/mol. The fraction of sp³-hybridized carbons (Fsp3) is 0.700. The molecule has 0 spiro atoms. The first kappa shape index (κ1) is 30.7. The van der Waals surface area contributed by atoms with Crippen LogP contribution in [0.2, 0.25) is 0 Å². The Hall–Kier alpha value is -3.26. The minimum Gasteiger partial charge on any atom is -0.480 e. The molecule has 0 saturated heterocycles.